The van der Waals surface area contributed by atoms with Crippen LogP contribution in [-0.2, 0) is 14.8 Å². The molecule has 72 valence electrons. The van der Waals surface area contributed by atoms with Crippen LogP contribution in [0.1, 0.15) is 10.4 Å². The molecule has 1 rings (SSSR count). The predicted octanol–water partition coefficient (Wildman–Crippen LogP) is -1.16. The van der Waals surface area contributed by atoms with Crippen LogP contribution in [0.25, 0.3) is 0 Å². The van der Waals surface area contributed by atoms with E-state index in [1.807, 2.05) is 0 Å². The van der Waals surface area contributed by atoms with Crippen molar-refractivity contribution in [2.24, 2.45) is 5.14 Å². The van der Waals surface area contributed by atoms with Gasteiger partial charge in [-0.1, -0.05) is 0 Å². The van der Waals surface area contributed by atoms with E-state index in [1.165, 1.54) is 0 Å². The van der Waals surface area contributed by atoms with E-state index in [4.69, 9.17) is 5.14 Å². The Morgan fingerprint density at radius 3 is 2.77 bits per heavy atom. The second kappa shape index (κ2) is 3.15. The number of aromatic amines is 1. The molecule has 0 atom stereocenters. The van der Waals surface area contributed by atoms with Crippen molar-refractivity contribution in [1.82, 2.24) is 10.2 Å². The molecular formula is C5H7N3O4S. The van der Waals surface area contributed by atoms with Crippen LogP contribution in [0.5, 0.6) is 0 Å². The van der Waals surface area contributed by atoms with Gasteiger partial charge in [0.15, 0.2) is 5.03 Å². The number of carbonyl (C=O) groups is 1. The van der Waals surface area contributed by atoms with Crippen molar-refractivity contribution in [1.29, 1.82) is 0 Å². The fourth-order valence-electron chi connectivity index (χ4n) is 0.747. The molecule has 0 fully saturated rings. The number of esters is 1. The Hall–Kier alpha value is -1.41. The minimum absolute atomic E-state index is 0.204. The van der Waals surface area contributed by atoms with Crippen molar-refractivity contribution >= 4 is 16.0 Å². The molecule has 0 spiro atoms. The van der Waals surface area contributed by atoms with Gasteiger partial charge in [0.25, 0.3) is 10.0 Å². The first-order valence-electron chi connectivity index (χ1n) is 3.11. The highest BCUT2D eigenvalue weighted by molar-refractivity contribution is 7.89. The molecule has 0 aliphatic carbocycles. The number of carbonyl (C=O) groups excluding carboxylic acids is 1. The molecule has 0 aliphatic heterocycles. The Kier molecular flexibility index (Phi) is 2.34. The Bertz CT molecular complexity index is 421. The van der Waals surface area contributed by atoms with Crippen LogP contribution in [0.15, 0.2) is 11.2 Å². The van der Waals surface area contributed by atoms with E-state index < -0.39 is 21.0 Å². The summed E-state index contributed by atoms with van der Waals surface area (Å²) in [7, 11) is -2.84. The first-order chi connectivity index (χ1) is 5.96. The maximum atomic E-state index is 10.9. The molecule has 0 aliphatic rings. The molecule has 0 aromatic carbocycles. The largest absolute Gasteiger partial charge is 0.465 e. The average molecular weight is 205 g/mol. The zero-order valence-corrected chi connectivity index (χ0v) is 7.46. The van der Waals surface area contributed by atoms with Crippen molar-refractivity contribution < 1.29 is 17.9 Å². The fourth-order valence-corrected chi connectivity index (χ4v) is 1.37. The van der Waals surface area contributed by atoms with Gasteiger partial charge in [0, 0.05) is 0 Å². The summed E-state index contributed by atoms with van der Waals surface area (Å²) in [6.45, 7) is 0. The lowest BCUT2D eigenvalue weighted by atomic mass is 10.4. The van der Waals surface area contributed by atoms with E-state index in [0.717, 1.165) is 13.3 Å². The van der Waals surface area contributed by atoms with E-state index in [0.29, 0.717) is 0 Å². The van der Waals surface area contributed by atoms with Crippen molar-refractivity contribution in [2.45, 2.75) is 5.03 Å². The van der Waals surface area contributed by atoms with Gasteiger partial charge in [-0.2, -0.15) is 5.10 Å². The Labute approximate surface area is 73.9 Å². The fraction of sp³-hybridized carbons (Fsp3) is 0.200. The third kappa shape index (κ3) is 1.84. The lowest BCUT2D eigenvalue weighted by molar-refractivity contribution is 0.0596. The molecule has 1 heterocycles. The lowest BCUT2D eigenvalue weighted by Crippen LogP contribution is -2.16. The van der Waals surface area contributed by atoms with Crippen LogP contribution in [-0.4, -0.2) is 31.7 Å². The number of rotatable bonds is 2. The maximum Gasteiger partial charge on any atom is 0.342 e. The topological polar surface area (TPSA) is 115 Å². The Balaban J connectivity index is 3.26. The smallest absolute Gasteiger partial charge is 0.342 e. The zero-order valence-electron chi connectivity index (χ0n) is 6.64. The van der Waals surface area contributed by atoms with Crippen molar-refractivity contribution in [3.8, 4) is 0 Å². The van der Waals surface area contributed by atoms with Gasteiger partial charge in [0.05, 0.1) is 13.3 Å². The van der Waals surface area contributed by atoms with Gasteiger partial charge in [0.2, 0.25) is 0 Å². The molecule has 1 aromatic rings. The van der Waals surface area contributed by atoms with E-state index in [1.54, 1.807) is 0 Å². The quantitative estimate of drug-likeness (QED) is 0.591. The average Bonchev–Trinajstić information content (AvgIpc) is 2.49. The van der Waals surface area contributed by atoms with Crippen molar-refractivity contribution in [2.75, 3.05) is 7.11 Å². The van der Waals surface area contributed by atoms with Crippen LogP contribution in [0.2, 0.25) is 0 Å². The minimum Gasteiger partial charge on any atom is -0.465 e. The van der Waals surface area contributed by atoms with Crippen molar-refractivity contribution in [3.63, 3.8) is 0 Å². The molecule has 8 heteroatoms. The van der Waals surface area contributed by atoms with E-state index in [9.17, 15) is 13.2 Å². The molecule has 0 unspecified atom stereocenters. The molecule has 0 radical (unpaired) electrons. The lowest BCUT2D eigenvalue weighted by Gasteiger charge is -1.97. The highest BCUT2D eigenvalue weighted by Crippen LogP contribution is 2.10. The number of hydrogen-bond acceptors (Lipinski definition) is 5. The van der Waals surface area contributed by atoms with Gasteiger partial charge < -0.3 is 4.74 Å². The number of sulfonamides is 1. The summed E-state index contributed by atoms with van der Waals surface area (Å²) in [5.41, 5.74) is -0.204. The number of methoxy groups -OCH3 is 1. The summed E-state index contributed by atoms with van der Waals surface area (Å²) in [5.74, 6) is -0.808. The summed E-state index contributed by atoms with van der Waals surface area (Å²) in [5, 5.41) is 9.81. The number of nitrogens with one attached hydrogen (secondary N) is 1. The van der Waals surface area contributed by atoms with Gasteiger partial charge in [-0.15, -0.1) is 0 Å². The van der Waals surface area contributed by atoms with Gasteiger partial charge in [-0.25, -0.2) is 18.4 Å². The third-order valence-electron chi connectivity index (χ3n) is 1.29. The minimum atomic E-state index is -3.96. The monoisotopic (exact) mass is 205 g/mol. The highest BCUT2D eigenvalue weighted by Gasteiger charge is 2.21. The number of nitrogens with two attached hydrogens (primary N) is 1. The van der Waals surface area contributed by atoms with Gasteiger partial charge in [-0.05, 0) is 0 Å². The molecule has 0 bridgehead atoms. The molecule has 13 heavy (non-hydrogen) atoms. The zero-order chi connectivity index (χ0) is 10.1. The molecule has 7 nitrogen and oxygen atoms in total. The Morgan fingerprint density at radius 2 is 2.31 bits per heavy atom. The summed E-state index contributed by atoms with van der Waals surface area (Å²) in [4.78, 5) is 10.9. The number of primary sulfonamides is 1. The molecule has 3 N–H and O–H groups in total. The normalized spacial score (nSPS) is 11.2. The summed E-state index contributed by atoms with van der Waals surface area (Å²) >= 11 is 0. The number of hydrogen-bond donors (Lipinski definition) is 2. The van der Waals surface area contributed by atoms with Crippen molar-refractivity contribution in [3.05, 3.63) is 11.8 Å². The van der Waals surface area contributed by atoms with Crippen LogP contribution >= 0.6 is 0 Å². The Morgan fingerprint density at radius 1 is 1.69 bits per heavy atom. The first kappa shape index (κ1) is 9.68. The summed E-state index contributed by atoms with van der Waals surface area (Å²) in [6, 6.07) is 0. The second-order valence-corrected chi connectivity index (χ2v) is 3.65. The predicted molar refractivity (Wildman–Crippen MR) is 41.3 cm³/mol. The third-order valence-corrected chi connectivity index (χ3v) is 2.17. The maximum absolute atomic E-state index is 10.9. The number of aromatic nitrogens is 2. The van der Waals surface area contributed by atoms with Crippen LogP contribution in [0, 0.1) is 0 Å². The van der Waals surface area contributed by atoms with Gasteiger partial charge in [-0.3, -0.25) is 5.10 Å². The highest BCUT2D eigenvalue weighted by atomic mass is 32.2. The number of ether oxygens (including phenoxy) is 1. The molecular weight excluding hydrogens is 198 g/mol. The summed E-state index contributed by atoms with van der Waals surface area (Å²) in [6.07, 6.45) is 1.03. The molecule has 0 saturated carbocycles. The standard InChI is InChI=1S/C5H7N3O4S/c1-12-5(9)3-2-7-8-4(3)13(6,10)11/h2H,1H3,(H,7,8)(H2,6,10,11). The number of nitrogens with zero attached hydrogens (tertiary/aromatic N) is 1. The molecule has 0 saturated heterocycles. The van der Waals surface area contributed by atoms with E-state index >= 15 is 0 Å². The first-order valence-corrected chi connectivity index (χ1v) is 4.66. The SMILES string of the molecule is COC(=O)c1cn[nH]c1S(N)(=O)=O. The number of H-pyrrole nitrogens is 1. The second-order valence-electron chi connectivity index (χ2n) is 2.15. The van der Waals surface area contributed by atoms with E-state index in [-0.39, 0.29) is 5.56 Å². The van der Waals surface area contributed by atoms with E-state index in [2.05, 4.69) is 14.9 Å². The van der Waals surface area contributed by atoms with Crippen LogP contribution in [0.4, 0.5) is 0 Å². The summed E-state index contributed by atoms with van der Waals surface area (Å²) < 4.78 is 26.0. The van der Waals surface area contributed by atoms with Gasteiger partial charge >= 0.3 is 5.97 Å². The van der Waals surface area contributed by atoms with Crippen LogP contribution < -0.4 is 5.14 Å². The molecule has 0 amide bonds. The van der Waals surface area contributed by atoms with Gasteiger partial charge in [0.1, 0.15) is 5.56 Å². The van der Waals surface area contributed by atoms with Crippen LogP contribution in [0.3, 0.4) is 0 Å². The molecule has 1 aromatic heterocycles.